The molecule has 0 aromatic carbocycles. The van der Waals surface area contributed by atoms with Crippen molar-refractivity contribution in [3.05, 3.63) is 11.8 Å². The Labute approximate surface area is 103 Å². The van der Waals surface area contributed by atoms with Crippen molar-refractivity contribution in [3.8, 4) is 6.07 Å². The second kappa shape index (κ2) is 9.67. The second-order valence-electron chi connectivity index (χ2n) is 4.04. The number of nitrogens with zero attached hydrogens (tertiary/aromatic N) is 2. The van der Waals surface area contributed by atoms with Crippen molar-refractivity contribution in [1.82, 2.24) is 15.5 Å². The van der Waals surface area contributed by atoms with E-state index >= 15 is 0 Å². The third-order valence-electron chi connectivity index (χ3n) is 2.13. The number of nitrogens with one attached hydrogen (secondary N) is 2. The van der Waals surface area contributed by atoms with Gasteiger partial charge in [0.15, 0.2) is 0 Å². The lowest BCUT2D eigenvalue weighted by atomic mass is 10.3. The maximum absolute atomic E-state index is 11.5. The SMILES string of the molecule is CCCCNC(=O)/C(C#N)=C\NCCN(C)C. The molecule has 96 valence electrons. The normalized spacial score (nSPS) is 11.1. The zero-order chi connectivity index (χ0) is 13.1. The summed E-state index contributed by atoms with van der Waals surface area (Å²) in [4.78, 5) is 13.5. The lowest BCUT2D eigenvalue weighted by Gasteiger charge is -2.09. The van der Waals surface area contributed by atoms with Crippen LogP contribution in [0.5, 0.6) is 0 Å². The predicted octanol–water partition coefficient (Wildman–Crippen LogP) is 0.461. The van der Waals surface area contributed by atoms with Crippen molar-refractivity contribution in [2.75, 3.05) is 33.7 Å². The summed E-state index contributed by atoms with van der Waals surface area (Å²) in [6.07, 6.45) is 3.43. The first-order valence-corrected chi connectivity index (χ1v) is 5.88. The van der Waals surface area contributed by atoms with Crippen molar-refractivity contribution in [2.45, 2.75) is 19.8 Å². The molecular formula is C12H22N4O. The van der Waals surface area contributed by atoms with Gasteiger partial charge >= 0.3 is 0 Å². The summed E-state index contributed by atoms with van der Waals surface area (Å²) in [5.74, 6) is -0.307. The molecule has 5 heteroatoms. The van der Waals surface area contributed by atoms with Crippen LogP contribution in [-0.2, 0) is 4.79 Å². The van der Waals surface area contributed by atoms with Crippen molar-refractivity contribution in [3.63, 3.8) is 0 Å². The van der Waals surface area contributed by atoms with Gasteiger partial charge in [0.1, 0.15) is 11.6 Å². The number of likely N-dealkylation sites (N-methyl/N-ethyl adjacent to an activating group) is 1. The van der Waals surface area contributed by atoms with Gasteiger partial charge in [-0.1, -0.05) is 13.3 Å². The Morgan fingerprint density at radius 2 is 2.12 bits per heavy atom. The molecule has 1 amide bonds. The van der Waals surface area contributed by atoms with E-state index in [9.17, 15) is 4.79 Å². The Bertz CT molecular complexity index is 291. The van der Waals surface area contributed by atoms with Gasteiger partial charge in [0, 0.05) is 25.8 Å². The quantitative estimate of drug-likeness (QED) is 0.366. The van der Waals surface area contributed by atoms with E-state index in [-0.39, 0.29) is 11.5 Å². The van der Waals surface area contributed by atoms with E-state index in [0.29, 0.717) is 13.1 Å². The number of amides is 1. The lowest BCUT2D eigenvalue weighted by molar-refractivity contribution is -0.117. The van der Waals surface area contributed by atoms with Crippen LogP contribution in [0.4, 0.5) is 0 Å². The first-order chi connectivity index (χ1) is 8.11. The fourth-order valence-corrected chi connectivity index (χ4v) is 1.08. The van der Waals surface area contributed by atoms with E-state index in [1.165, 1.54) is 6.20 Å². The summed E-state index contributed by atoms with van der Waals surface area (Å²) < 4.78 is 0. The molecule has 0 radical (unpaired) electrons. The molecule has 0 saturated heterocycles. The molecule has 0 unspecified atom stereocenters. The van der Waals surface area contributed by atoms with E-state index < -0.39 is 0 Å². The topological polar surface area (TPSA) is 68.2 Å². The highest BCUT2D eigenvalue weighted by Gasteiger charge is 2.06. The zero-order valence-electron chi connectivity index (χ0n) is 10.9. The minimum absolute atomic E-state index is 0.125. The summed E-state index contributed by atoms with van der Waals surface area (Å²) in [5, 5.41) is 14.5. The lowest BCUT2D eigenvalue weighted by Crippen LogP contribution is -2.28. The first-order valence-electron chi connectivity index (χ1n) is 5.88. The largest absolute Gasteiger partial charge is 0.388 e. The molecule has 5 nitrogen and oxygen atoms in total. The fourth-order valence-electron chi connectivity index (χ4n) is 1.08. The van der Waals surface area contributed by atoms with Crippen molar-refractivity contribution < 1.29 is 4.79 Å². The highest BCUT2D eigenvalue weighted by atomic mass is 16.1. The minimum atomic E-state index is -0.307. The van der Waals surface area contributed by atoms with Gasteiger partial charge in [-0.15, -0.1) is 0 Å². The number of unbranched alkanes of at least 4 members (excludes halogenated alkanes) is 1. The third-order valence-corrected chi connectivity index (χ3v) is 2.13. The summed E-state index contributed by atoms with van der Waals surface area (Å²) >= 11 is 0. The first kappa shape index (κ1) is 15.5. The number of carbonyl (C=O) groups excluding carboxylic acids is 1. The van der Waals surface area contributed by atoms with Crippen LogP contribution in [0.3, 0.4) is 0 Å². The standard InChI is InChI=1S/C12H22N4O/c1-4-5-6-15-12(17)11(9-13)10-14-7-8-16(2)3/h10,14H,4-8H2,1-3H3,(H,15,17)/b11-10-. The molecule has 0 spiro atoms. The van der Waals surface area contributed by atoms with E-state index in [1.54, 1.807) is 0 Å². The highest BCUT2D eigenvalue weighted by Crippen LogP contribution is 1.91. The number of rotatable bonds is 8. The van der Waals surface area contributed by atoms with Gasteiger partial charge in [0.25, 0.3) is 5.91 Å². The summed E-state index contributed by atoms with van der Waals surface area (Å²) in [6, 6.07) is 1.89. The molecule has 0 aromatic rings. The van der Waals surface area contributed by atoms with E-state index in [1.807, 2.05) is 25.1 Å². The Morgan fingerprint density at radius 3 is 2.65 bits per heavy atom. The Hall–Kier alpha value is -1.54. The molecule has 2 N–H and O–H groups in total. The monoisotopic (exact) mass is 238 g/mol. The molecule has 0 aliphatic rings. The van der Waals surface area contributed by atoms with Crippen LogP contribution in [-0.4, -0.2) is 44.5 Å². The predicted molar refractivity (Wildman–Crippen MR) is 68.2 cm³/mol. The average Bonchev–Trinajstić information content (AvgIpc) is 2.29. The molecule has 0 aliphatic heterocycles. The maximum atomic E-state index is 11.5. The smallest absolute Gasteiger partial charge is 0.263 e. The number of hydrogen-bond acceptors (Lipinski definition) is 4. The van der Waals surface area contributed by atoms with Crippen LogP contribution in [0.1, 0.15) is 19.8 Å². The van der Waals surface area contributed by atoms with Crippen molar-refractivity contribution in [2.24, 2.45) is 0 Å². The molecule has 0 heterocycles. The highest BCUT2D eigenvalue weighted by molar-refractivity contribution is 5.97. The van der Waals surface area contributed by atoms with E-state index in [4.69, 9.17) is 5.26 Å². The molecule has 0 bridgehead atoms. The molecule has 0 aliphatic carbocycles. The minimum Gasteiger partial charge on any atom is -0.388 e. The molecule has 17 heavy (non-hydrogen) atoms. The van der Waals surface area contributed by atoms with Gasteiger partial charge in [-0.2, -0.15) is 5.26 Å². The molecule has 0 saturated carbocycles. The molecule has 0 rings (SSSR count). The molecule has 0 atom stereocenters. The number of nitriles is 1. The van der Waals surface area contributed by atoms with Gasteiger partial charge in [0.05, 0.1) is 0 Å². The molecular weight excluding hydrogens is 216 g/mol. The Morgan fingerprint density at radius 1 is 1.41 bits per heavy atom. The molecule has 0 fully saturated rings. The van der Waals surface area contributed by atoms with Gasteiger partial charge < -0.3 is 15.5 Å². The van der Waals surface area contributed by atoms with Crippen molar-refractivity contribution >= 4 is 5.91 Å². The summed E-state index contributed by atoms with van der Waals surface area (Å²) in [5.41, 5.74) is 0.125. The number of hydrogen-bond donors (Lipinski definition) is 2. The Balaban J connectivity index is 3.99. The van der Waals surface area contributed by atoms with Gasteiger partial charge in [-0.25, -0.2) is 0 Å². The molecule has 0 aromatic heterocycles. The fraction of sp³-hybridized carbons (Fsp3) is 0.667. The van der Waals surface area contributed by atoms with Crippen LogP contribution in [0, 0.1) is 11.3 Å². The second-order valence-corrected chi connectivity index (χ2v) is 4.04. The van der Waals surface area contributed by atoms with Crippen LogP contribution in [0.2, 0.25) is 0 Å². The van der Waals surface area contributed by atoms with Crippen LogP contribution in [0.15, 0.2) is 11.8 Å². The van der Waals surface area contributed by atoms with E-state index in [0.717, 1.165) is 19.4 Å². The van der Waals surface area contributed by atoms with Crippen LogP contribution < -0.4 is 10.6 Å². The van der Waals surface area contributed by atoms with Crippen LogP contribution >= 0.6 is 0 Å². The van der Waals surface area contributed by atoms with Crippen molar-refractivity contribution in [1.29, 1.82) is 5.26 Å². The van der Waals surface area contributed by atoms with Crippen LogP contribution in [0.25, 0.3) is 0 Å². The van der Waals surface area contributed by atoms with Gasteiger partial charge in [-0.05, 0) is 20.5 Å². The maximum Gasteiger partial charge on any atom is 0.263 e. The van der Waals surface area contributed by atoms with Gasteiger partial charge in [-0.3, -0.25) is 4.79 Å². The number of carbonyl (C=O) groups is 1. The Kier molecular flexibility index (Phi) is 8.79. The average molecular weight is 238 g/mol. The third kappa shape index (κ3) is 8.29. The zero-order valence-corrected chi connectivity index (χ0v) is 10.9. The van der Waals surface area contributed by atoms with E-state index in [2.05, 4.69) is 17.6 Å². The van der Waals surface area contributed by atoms with Gasteiger partial charge in [0.2, 0.25) is 0 Å². The summed E-state index contributed by atoms with van der Waals surface area (Å²) in [7, 11) is 3.93. The summed E-state index contributed by atoms with van der Waals surface area (Å²) in [6.45, 7) is 4.23.